The Hall–Kier alpha value is -3.36. The van der Waals surface area contributed by atoms with E-state index in [0.29, 0.717) is 19.6 Å². The Labute approximate surface area is 199 Å². The van der Waals surface area contributed by atoms with Gasteiger partial charge < -0.3 is 15.5 Å². The van der Waals surface area contributed by atoms with E-state index in [1.54, 1.807) is 4.90 Å². The van der Waals surface area contributed by atoms with Gasteiger partial charge in [-0.2, -0.15) is 0 Å². The van der Waals surface area contributed by atoms with Crippen LogP contribution >= 0.6 is 0 Å². The van der Waals surface area contributed by atoms with Crippen molar-refractivity contribution in [1.29, 1.82) is 0 Å². The van der Waals surface area contributed by atoms with Gasteiger partial charge in [0, 0.05) is 39.0 Å². The highest BCUT2D eigenvalue weighted by molar-refractivity contribution is 5.97. The predicted octanol–water partition coefficient (Wildman–Crippen LogP) is 2.13. The quantitative estimate of drug-likeness (QED) is 0.613. The number of carbonyl (C=O) groups excluding carboxylic acids is 2. The number of fused-ring (bicyclic) bond motifs is 1. The highest BCUT2D eigenvalue weighted by Gasteiger charge is 2.27. The van der Waals surface area contributed by atoms with Crippen molar-refractivity contribution in [2.75, 3.05) is 23.7 Å². The van der Waals surface area contributed by atoms with Crippen LogP contribution in [0.15, 0.2) is 33.9 Å². The number of H-pyrrole nitrogens is 1. The van der Waals surface area contributed by atoms with Crippen molar-refractivity contribution in [3.63, 3.8) is 0 Å². The average molecular weight is 470 g/mol. The molecule has 0 radical (unpaired) electrons. The van der Waals surface area contributed by atoms with Gasteiger partial charge in [-0.05, 0) is 29.4 Å². The molecule has 0 atom stereocenters. The molecule has 0 aliphatic carbocycles. The fourth-order valence-corrected chi connectivity index (χ4v) is 4.28. The Kier molecular flexibility index (Phi) is 7.96. The lowest BCUT2D eigenvalue weighted by molar-refractivity contribution is -0.134. The number of nitrogens with one attached hydrogen (secondary N) is 1. The van der Waals surface area contributed by atoms with Gasteiger partial charge in [0.25, 0.3) is 5.56 Å². The molecule has 0 saturated heterocycles. The summed E-state index contributed by atoms with van der Waals surface area (Å²) in [6.07, 6.45) is 0.781. The molecule has 0 fully saturated rings. The van der Waals surface area contributed by atoms with Crippen molar-refractivity contribution < 1.29 is 9.59 Å². The van der Waals surface area contributed by atoms with E-state index in [1.165, 1.54) is 15.0 Å². The molecule has 1 aliphatic rings. The van der Waals surface area contributed by atoms with Crippen LogP contribution in [-0.2, 0) is 29.1 Å². The normalized spacial score (nSPS) is 13.3. The van der Waals surface area contributed by atoms with Crippen molar-refractivity contribution >= 4 is 23.3 Å². The maximum absolute atomic E-state index is 13.2. The van der Waals surface area contributed by atoms with Gasteiger partial charge in [-0.25, -0.2) is 4.79 Å². The molecule has 3 rings (SSSR count). The SMILES string of the molecule is CC(C)CN(C(=O)CCC(=O)N1CCc2ccccc2C1)c1c(N)n(CC(C)C)c(=O)[nH]c1=O. The summed E-state index contributed by atoms with van der Waals surface area (Å²) in [5.41, 5.74) is 7.29. The Bertz CT molecular complexity index is 1160. The van der Waals surface area contributed by atoms with Gasteiger partial charge >= 0.3 is 5.69 Å². The molecule has 1 aliphatic heterocycles. The van der Waals surface area contributed by atoms with Crippen molar-refractivity contribution in [1.82, 2.24) is 14.5 Å². The fourth-order valence-electron chi connectivity index (χ4n) is 4.28. The number of carbonyl (C=O) groups is 2. The summed E-state index contributed by atoms with van der Waals surface area (Å²) in [5.74, 6) is -0.344. The topological polar surface area (TPSA) is 121 Å². The second kappa shape index (κ2) is 10.7. The molecule has 0 spiro atoms. The molecule has 2 aromatic rings. The van der Waals surface area contributed by atoms with E-state index in [-0.39, 0.29) is 54.5 Å². The summed E-state index contributed by atoms with van der Waals surface area (Å²) in [7, 11) is 0. The maximum atomic E-state index is 13.2. The van der Waals surface area contributed by atoms with E-state index >= 15 is 0 Å². The van der Waals surface area contributed by atoms with Crippen molar-refractivity contribution in [3.05, 3.63) is 56.2 Å². The first-order valence-electron chi connectivity index (χ1n) is 11.9. The Morgan fingerprint density at radius 3 is 2.38 bits per heavy atom. The summed E-state index contributed by atoms with van der Waals surface area (Å²) in [6, 6.07) is 8.05. The molecule has 9 nitrogen and oxygen atoms in total. The van der Waals surface area contributed by atoms with Crippen LogP contribution < -0.4 is 21.9 Å². The number of nitrogens with two attached hydrogens (primary N) is 1. The molecule has 0 bridgehead atoms. The Balaban J connectivity index is 1.79. The number of benzene rings is 1. The molecule has 2 amide bonds. The molecule has 3 N–H and O–H groups in total. The lowest BCUT2D eigenvalue weighted by Crippen LogP contribution is -2.43. The molecule has 34 heavy (non-hydrogen) atoms. The summed E-state index contributed by atoms with van der Waals surface area (Å²) in [4.78, 5) is 56.5. The van der Waals surface area contributed by atoms with Crippen LogP contribution in [0.1, 0.15) is 51.7 Å². The zero-order valence-corrected chi connectivity index (χ0v) is 20.5. The molecule has 1 aromatic carbocycles. The first kappa shape index (κ1) is 25.3. The number of aromatic amines is 1. The summed E-state index contributed by atoms with van der Waals surface area (Å²) >= 11 is 0. The van der Waals surface area contributed by atoms with Crippen LogP contribution in [0, 0.1) is 11.8 Å². The van der Waals surface area contributed by atoms with Crippen LogP contribution in [0.2, 0.25) is 0 Å². The van der Waals surface area contributed by atoms with Gasteiger partial charge in [-0.1, -0.05) is 52.0 Å². The molecule has 2 heterocycles. The number of aromatic nitrogens is 2. The smallest absolute Gasteiger partial charge is 0.330 e. The molecular formula is C25H35N5O4. The highest BCUT2D eigenvalue weighted by atomic mass is 16.2. The van der Waals surface area contributed by atoms with E-state index in [1.807, 2.05) is 45.9 Å². The zero-order chi connectivity index (χ0) is 25.0. The molecule has 1 aromatic heterocycles. The monoisotopic (exact) mass is 469 g/mol. The van der Waals surface area contributed by atoms with E-state index in [9.17, 15) is 19.2 Å². The Morgan fingerprint density at radius 1 is 1.06 bits per heavy atom. The van der Waals surface area contributed by atoms with Crippen molar-refractivity contribution in [3.8, 4) is 0 Å². The number of anilines is 2. The van der Waals surface area contributed by atoms with Crippen LogP contribution in [0.4, 0.5) is 11.5 Å². The average Bonchev–Trinajstić information content (AvgIpc) is 2.78. The minimum absolute atomic E-state index is 0.0294. The predicted molar refractivity (Wildman–Crippen MR) is 133 cm³/mol. The summed E-state index contributed by atoms with van der Waals surface area (Å²) < 4.78 is 1.29. The summed E-state index contributed by atoms with van der Waals surface area (Å²) in [5, 5.41) is 0. The number of rotatable bonds is 8. The van der Waals surface area contributed by atoms with E-state index < -0.39 is 11.2 Å². The second-order valence-corrected chi connectivity index (χ2v) is 9.73. The van der Waals surface area contributed by atoms with E-state index in [4.69, 9.17) is 5.73 Å². The number of hydrogen-bond acceptors (Lipinski definition) is 5. The lowest BCUT2D eigenvalue weighted by Gasteiger charge is -2.29. The van der Waals surface area contributed by atoms with Gasteiger partial charge in [0.15, 0.2) is 5.69 Å². The third kappa shape index (κ3) is 5.76. The third-order valence-corrected chi connectivity index (χ3v) is 5.92. The number of nitrogens with zero attached hydrogens (tertiary/aromatic N) is 3. The second-order valence-electron chi connectivity index (χ2n) is 9.73. The van der Waals surface area contributed by atoms with E-state index in [2.05, 4.69) is 11.1 Å². The molecule has 0 unspecified atom stereocenters. The van der Waals surface area contributed by atoms with Crippen molar-refractivity contribution in [2.45, 2.75) is 60.0 Å². The standard InChI is InChI=1S/C25H35N5O4/c1-16(2)13-29(22-23(26)30(14-17(3)4)25(34)27-24(22)33)21(32)10-9-20(31)28-12-11-18-7-5-6-8-19(18)15-28/h5-8,16-17H,9-15,26H2,1-4H3,(H,27,33,34). The van der Waals surface area contributed by atoms with Crippen LogP contribution in [0.3, 0.4) is 0 Å². The summed E-state index contributed by atoms with van der Waals surface area (Å²) in [6.45, 7) is 9.41. The Morgan fingerprint density at radius 2 is 1.74 bits per heavy atom. The third-order valence-electron chi connectivity index (χ3n) is 5.92. The van der Waals surface area contributed by atoms with Crippen LogP contribution in [0.5, 0.6) is 0 Å². The van der Waals surface area contributed by atoms with Gasteiger partial charge in [-0.3, -0.25) is 23.9 Å². The van der Waals surface area contributed by atoms with Crippen LogP contribution in [-0.4, -0.2) is 39.4 Å². The maximum Gasteiger partial charge on any atom is 0.330 e. The minimum Gasteiger partial charge on any atom is -0.383 e. The van der Waals surface area contributed by atoms with Gasteiger partial charge in [0.2, 0.25) is 11.8 Å². The zero-order valence-electron chi connectivity index (χ0n) is 20.5. The van der Waals surface area contributed by atoms with Crippen LogP contribution in [0.25, 0.3) is 0 Å². The number of hydrogen-bond donors (Lipinski definition) is 2. The van der Waals surface area contributed by atoms with Crippen molar-refractivity contribution in [2.24, 2.45) is 11.8 Å². The van der Waals surface area contributed by atoms with Gasteiger partial charge in [-0.15, -0.1) is 0 Å². The number of amides is 2. The fraction of sp³-hybridized carbons (Fsp3) is 0.520. The first-order chi connectivity index (χ1) is 16.1. The van der Waals surface area contributed by atoms with Gasteiger partial charge in [0.05, 0.1) is 0 Å². The number of nitrogen functional groups attached to an aromatic ring is 1. The molecule has 9 heteroatoms. The highest BCUT2D eigenvalue weighted by Crippen LogP contribution is 2.22. The lowest BCUT2D eigenvalue weighted by atomic mass is 9.99. The first-order valence-corrected chi connectivity index (χ1v) is 11.9. The molecule has 0 saturated carbocycles. The van der Waals surface area contributed by atoms with Gasteiger partial charge in [0.1, 0.15) is 5.82 Å². The molecule has 184 valence electrons. The molecular weight excluding hydrogens is 434 g/mol. The largest absolute Gasteiger partial charge is 0.383 e. The van der Waals surface area contributed by atoms with E-state index in [0.717, 1.165) is 12.0 Å². The minimum atomic E-state index is -0.699.